The molecule has 1 heterocycles. The van der Waals surface area contributed by atoms with Gasteiger partial charge in [-0.25, -0.2) is 4.79 Å². The highest BCUT2D eigenvalue weighted by Crippen LogP contribution is 2.23. The molecule has 1 aliphatic rings. The van der Waals surface area contributed by atoms with Crippen LogP contribution < -0.4 is 0 Å². The Morgan fingerprint density at radius 2 is 2.05 bits per heavy atom. The van der Waals surface area contributed by atoms with Gasteiger partial charge in [-0.3, -0.25) is 4.79 Å². The number of carbonyl (C=O) groups is 2. The molecule has 1 amide bonds. The highest BCUT2D eigenvalue weighted by Gasteiger charge is 2.27. The lowest BCUT2D eigenvalue weighted by atomic mass is 9.93. The summed E-state index contributed by atoms with van der Waals surface area (Å²) in [5.74, 6) is 0.0357. The number of halogens is 1. The number of carbonyl (C=O) groups excluding carboxylic acids is 2. The van der Waals surface area contributed by atoms with Crippen LogP contribution in [0.5, 0.6) is 0 Å². The number of alkyl halides is 1. The molecule has 1 saturated heterocycles. The van der Waals surface area contributed by atoms with Gasteiger partial charge in [0, 0.05) is 19.5 Å². The number of piperidine rings is 1. The van der Waals surface area contributed by atoms with Gasteiger partial charge in [0.25, 0.3) is 0 Å². The van der Waals surface area contributed by atoms with Crippen molar-refractivity contribution in [1.82, 2.24) is 4.90 Å². The number of hydrogen-bond donors (Lipinski definition) is 0. The normalized spacial score (nSPS) is 19.6. The van der Waals surface area contributed by atoms with Crippen molar-refractivity contribution in [2.75, 3.05) is 19.2 Å². The third kappa shape index (κ3) is 6.46. The molecule has 0 bridgehead atoms. The maximum atomic E-state index is 12.0. The fourth-order valence-corrected chi connectivity index (χ4v) is 2.37. The van der Waals surface area contributed by atoms with E-state index in [0.717, 1.165) is 25.8 Å². The molecule has 1 fully saturated rings. The first-order valence-electron chi connectivity index (χ1n) is 7.01. The molecule has 1 aliphatic heterocycles. The zero-order valence-electron chi connectivity index (χ0n) is 12.5. The minimum Gasteiger partial charge on any atom is -0.449 e. The Morgan fingerprint density at radius 1 is 1.35 bits per heavy atom. The average molecular weight is 306 g/mol. The second-order valence-electron chi connectivity index (χ2n) is 6.10. The van der Waals surface area contributed by atoms with Crippen LogP contribution in [0, 0.1) is 5.92 Å². The van der Waals surface area contributed by atoms with Crippen molar-refractivity contribution in [3.63, 3.8) is 0 Å². The Morgan fingerprint density at radius 3 is 2.65 bits per heavy atom. The van der Waals surface area contributed by atoms with Crippen LogP contribution in [0.1, 0.15) is 46.5 Å². The lowest BCUT2D eigenvalue weighted by Gasteiger charge is -2.34. The van der Waals surface area contributed by atoms with E-state index in [-0.39, 0.29) is 18.1 Å². The molecule has 1 atom stereocenters. The predicted octanol–water partition coefficient (Wildman–Crippen LogP) is 3.15. The van der Waals surface area contributed by atoms with Crippen LogP contribution in [-0.4, -0.2) is 41.7 Å². The van der Waals surface area contributed by atoms with E-state index in [4.69, 9.17) is 21.1 Å². The van der Waals surface area contributed by atoms with Crippen molar-refractivity contribution >= 4 is 23.7 Å². The van der Waals surface area contributed by atoms with Gasteiger partial charge >= 0.3 is 12.1 Å². The minimum absolute atomic E-state index is 0.104. The summed E-state index contributed by atoms with van der Waals surface area (Å²) in [6, 6.07) is -0.104. The maximum absolute atomic E-state index is 12.0. The molecule has 116 valence electrons. The Hall–Kier alpha value is -0.970. The number of amides is 1. The highest BCUT2D eigenvalue weighted by atomic mass is 35.5. The first-order chi connectivity index (χ1) is 9.31. The van der Waals surface area contributed by atoms with Crippen LogP contribution in [0.15, 0.2) is 0 Å². The van der Waals surface area contributed by atoms with Crippen molar-refractivity contribution in [1.29, 1.82) is 0 Å². The molecule has 0 spiro atoms. The number of likely N-dealkylation sites (tertiary alicyclic amines) is 1. The molecule has 6 heteroatoms. The van der Waals surface area contributed by atoms with Gasteiger partial charge in [0.05, 0.1) is 0 Å². The smallest absolute Gasteiger partial charge is 0.410 e. The average Bonchev–Trinajstić information content (AvgIpc) is 2.35. The van der Waals surface area contributed by atoms with Crippen LogP contribution in [0.3, 0.4) is 0 Å². The van der Waals surface area contributed by atoms with Crippen molar-refractivity contribution < 1.29 is 19.1 Å². The lowest BCUT2D eigenvalue weighted by molar-refractivity contribution is -0.142. The molecule has 20 heavy (non-hydrogen) atoms. The van der Waals surface area contributed by atoms with E-state index in [0.29, 0.717) is 18.9 Å². The summed E-state index contributed by atoms with van der Waals surface area (Å²) < 4.78 is 10.1. The number of ether oxygens (including phenoxy) is 2. The molecule has 0 saturated carbocycles. The van der Waals surface area contributed by atoms with Gasteiger partial charge in [-0.1, -0.05) is 11.6 Å². The van der Waals surface area contributed by atoms with Crippen LogP contribution in [0.4, 0.5) is 4.79 Å². The third-order valence-electron chi connectivity index (χ3n) is 3.14. The summed E-state index contributed by atoms with van der Waals surface area (Å²) in [6.07, 6.45) is 2.75. The van der Waals surface area contributed by atoms with Crippen molar-refractivity contribution in [3.05, 3.63) is 0 Å². The van der Waals surface area contributed by atoms with Crippen LogP contribution >= 0.6 is 11.6 Å². The standard InChI is InChI=1S/C14H24ClNO4/c1-14(2,3)20-13(18)16-8-4-5-11(9-16)6-7-12(17)19-10-15/h11H,4-10H2,1-3H3. The van der Waals surface area contributed by atoms with Gasteiger partial charge in [-0.05, 0) is 46.0 Å². The number of rotatable bonds is 4. The van der Waals surface area contributed by atoms with Crippen LogP contribution in [0.25, 0.3) is 0 Å². The van der Waals surface area contributed by atoms with Gasteiger partial charge in [0.15, 0.2) is 6.07 Å². The molecule has 5 nitrogen and oxygen atoms in total. The largest absolute Gasteiger partial charge is 0.449 e. The molecule has 0 aromatic carbocycles. The van der Waals surface area contributed by atoms with Gasteiger partial charge in [0.1, 0.15) is 5.60 Å². The van der Waals surface area contributed by atoms with Crippen molar-refractivity contribution in [2.45, 2.75) is 52.1 Å². The molecule has 0 aliphatic carbocycles. The number of esters is 1. The van der Waals surface area contributed by atoms with E-state index in [1.165, 1.54) is 0 Å². The topological polar surface area (TPSA) is 55.8 Å². The molecule has 0 aromatic heterocycles. The lowest BCUT2D eigenvalue weighted by Crippen LogP contribution is -2.43. The van der Waals surface area contributed by atoms with Crippen LogP contribution in [-0.2, 0) is 14.3 Å². The summed E-state index contributed by atoms with van der Waals surface area (Å²) in [5, 5.41) is 0. The van der Waals surface area contributed by atoms with Gasteiger partial charge in [0.2, 0.25) is 0 Å². The monoisotopic (exact) mass is 305 g/mol. The number of nitrogens with zero attached hydrogens (tertiary/aromatic N) is 1. The summed E-state index contributed by atoms with van der Waals surface area (Å²) in [6.45, 7) is 6.93. The Bertz CT molecular complexity index is 341. The number of hydrogen-bond acceptors (Lipinski definition) is 4. The maximum Gasteiger partial charge on any atom is 0.410 e. The fourth-order valence-electron chi connectivity index (χ4n) is 2.25. The first kappa shape index (κ1) is 17.1. The zero-order chi connectivity index (χ0) is 15.2. The van der Waals surface area contributed by atoms with Crippen LogP contribution in [0.2, 0.25) is 0 Å². The van der Waals surface area contributed by atoms with Crippen molar-refractivity contribution in [2.24, 2.45) is 5.92 Å². The predicted molar refractivity (Wildman–Crippen MR) is 76.6 cm³/mol. The van der Waals surface area contributed by atoms with E-state index in [1.54, 1.807) is 4.90 Å². The quantitative estimate of drug-likeness (QED) is 0.591. The second-order valence-corrected chi connectivity index (χ2v) is 6.32. The molecular weight excluding hydrogens is 282 g/mol. The Labute approximate surface area is 125 Å². The van der Waals surface area contributed by atoms with Gasteiger partial charge in [-0.15, -0.1) is 0 Å². The summed E-state index contributed by atoms with van der Waals surface area (Å²) in [4.78, 5) is 25.0. The first-order valence-corrected chi connectivity index (χ1v) is 7.55. The molecule has 0 N–H and O–H groups in total. The van der Waals surface area contributed by atoms with Gasteiger partial charge in [-0.2, -0.15) is 0 Å². The SMILES string of the molecule is CC(C)(C)OC(=O)N1CCCC(CCC(=O)OCCl)C1. The second kappa shape index (κ2) is 7.72. The van der Waals surface area contributed by atoms with E-state index < -0.39 is 5.60 Å². The van der Waals surface area contributed by atoms with Crippen molar-refractivity contribution in [3.8, 4) is 0 Å². The summed E-state index contributed by atoms with van der Waals surface area (Å²) in [7, 11) is 0. The van der Waals surface area contributed by atoms with E-state index in [9.17, 15) is 9.59 Å². The Kier molecular flexibility index (Phi) is 6.59. The minimum atomic E-state index is -0.478. The third-order valence-corrected chi connectivity index (χ3v) is 3.25. The molecule has 0 aromatic rings. The fraction of sp³-hybridized carbons (Fsp3) is 0.857. The van der Waals surface area contributed by atoms with E-state index >= 15 is 0 Å². The zero-order valence-corrected chi connectivity index (χ0v) is 13.2. The molecule has 1 unspecified atom stereocenters. The molecular formula is C14H24ClNO4. The highest BCUT2D eigenvalue weighted by molar-refractivity contribution is 6.17. The summed E-state index contributed by atoms with van der Waals surface area (Å²) in [5.41, 5.74) is -0.478. The van der Waals surface area contributed by atoms with E-state index in [1.807, 2.05) is 20.8 Å². The summed E-state index contributed by atoms with van der Waals surface area (Å²) >= 11 is 5.33. The molecule has 1 rings (SSSR count). The molecule has 0 radical (unpaired) electrons. The van der Waals surface area contributed by atoms with Gasteiger partial charge < -0.3 is 14.4 Å². The van der Waals surface area contributed by atoms with E-state index in [2.05, 4.69) is 0 Å². The Balaban J connectivity index is 2.38.